The van der Waals surface area contributed by atoms with Gasteiger partial charge in [0.15, 0.2) is 6.10 Å². The second kappa shape index (κ2) is 24.8. The molecule has 2 heterocycles. The van der Waals surface area contributed by atoms with E-state index in [0.717, 1.165) is 44.7 Å². The molecule has 2 aromatic rings. The van der Waals surface area contributed by atoms with Crippen LogP contribution in [-0.2, 0) is 18.6 Å². The van der Waals surface area contributed by atoms with Crippen molar-refractivity contribution in [3.05, 3.63) is 130 Å². The van der Waals surface area contributed by atoms with E-state index in [1.807, 2.05) is 12.2 Å². The average Bonchev–Trinajstić information content (AvgIpc) is 3.37. The molecule has 1 fully saturated rings. The van der Waals surface area contributed by atoms with E-state index in [1.54, 1.807) is 40.8 Å². The van der Waals surface area contributed by atoms with Crippen molar-refractivity contribution in [1.82, 2.24) is 20.0 Å². The van der Waals surface area contributed by atoms with Crippen molar-refractivity contribution in [2.24, 2.45) is 0 Å². The van der Waals surface area contributed by atoms with Crippen LogP contribution < -0.4 is 20.6 Å². The Morgan fingerprint density at radius 3 is 2.09 bits per heavy atom. The molecule has 54 heavy (non-hydrogen) atoms. The lowest BCUT2D eigenvalue weighted by Crippen LogP contribution is -2.42. The number of ether oxygens (including phenoxy) is 1. The summed E-state index contributed by atoms with van der Waals surface area (Å²) in [5.41, 5.74) is -0.987. The summed E-state index contributed by atoms with van der Waals surface area (Å²) in [6.45, 7) is 1.38. The molecule has 11 nitrogen and oxygen atoms in total. The third-order valence-electron chi connectivity index (χ3n) is 7.69. The van der Waals surface area contributed by atoms with Crippen molar-refractivity contribution in [3.8, 4) is 5.75 Å². The molecule has 3 N–H and O–H groups in total. The number of allylic oxidation sites excluding steroid dienone is 12. The van der Waals surface area contributed by atoms with Gasteiger partial charge in [-0.25, -0.2) is 14.4 Å². The van der Waals surface area contributed by atoms with Crippen LogP contribution in [0.3, 0.4) is 0 Å². The number of rotatable bonds is 24. The van der Waals surface area contributed by atoms with Crippen molar-refractivity contribution in [1.29, 1.82) is 0 Å². The summed E-state index contributed by atoms with van der Waals surface area (Å²) in [6.07, 6.45) is 26.6. The first-order valence-electron chi connectivity index (χ1n) is 17.9. The topological polar surface area (TPSA) is 141 Å². The smallest absolute Gasteiger partial charge is 0.413 e. The Morgan fingerprint density at radius 1 is 0.944 bits per heavy atom. The summed E-state index contributed by atoms with van der Waals surface area (Å²) >= 11 is 1.76. The molecule has 0 saturated carbocycles. The number of aliphatic hydroxyl groups is 1. The number of carbonyl (C=O) groups excluding carboxylic acids is 1. The van der Waals surface area contributed by atoms with Crippen LogP contribution in [0.5, 0.6) is 5.75 Å². The molecule has 294 valence electrons. The van der Waals surface area contributed by atoms with Gasteiger partial charge in [-0.3, -0.25) is 13.9 Å². The van der Waals surface area contributed by atoms with Gasteiger partial charge in [0.1, 0.15) is 15.6 Å². The maximum absolute atomic E-state index is 15.0. The third kappa shape index (κ3) is 16.5. The maximum atomic E-state index is 15.0. The van der Waals surface area contributed by atoms with Crippen molar-refractivity contribution < 1.29 is 37.0 Å². The van der Waals surface area contributed by atoms with E-state index in [1.165, 1.54) is 18.2 Å². The van der Waals surface area contributed by atoms with E-state index in [0.29, 0.717) is 14.7 Å². The highest BCUT2D eigenvalue weighted by Crippen LogP contribution is 2.47. The van der Waals surface area contributed by atoms with E-state index in [9.17, 15) is 19.3 Å². The Morgan fingerprint density at radius 2 is 1.52 bits per heavy atom. The van der Waals surface area contributed by atoms with Gasteiger partial charge in [0.05, 0.1) is 6.61 Å². The highest BCUT2D eigenvalue weighted by molar-refractivity contribution is 14.1. The zero-order chi connectivity index (χ0) is 39.1. The molecule has 4 atom stereocenters. The second-order valence-electron chi connectivity index (χ2n) is 12.0. The second-order valence-corrected chi connectivity index (χ2v) is 14.9. The molecule has 1 amide bonds. The molecule has 0 aliphatic carbocycles. The monoisotopic (exact) mass is 882 g/mol. The lowest BCUT2D eigenvalue weighted by Gasteiger charge is -2.22. The minimum absolute atomic E-state index is 0.0493. The van der Waals surface area contributed by atoms with Crippen molar-refractivity contribution in [3.63, 3.8) is 0 Å². The summed E-state index contributed by atoms with van der Waals surface area (Å²) in [4.78, 5) is 28.2. The highest BCUT2D eigenvalue weighted by atomic mass is 127. The van der Waals surface area contributed by atoms with Crippen molar-refractivity contribution in [2.75, 3.05) is 19.7 Å². The van der Waals surface area contributed by atoms with Gasteiger partial charge in [-0.1, -0.05) is 98.0 Å². The van der Waals surface area contributed by atoms with E-state index >= 15 is 8.78 Å². The summed E-state index contributed by atoms with van der Waals surface area (Å²) in [5, 5.41) is 15.7. The number of aromatic nitrogens is 2. The molecule has 0 bridgehead atoms. The molecule has 1 aliphatic rings. The summed E-state index contributed by atoms with van der Waals surface area (Å²) in [6, 6.07) is 9.38. The standard InChI is InChI=1S/C39H50F2IN4O7P/c1-2-3-4-5-6-7-8-9-10-11-12-13-14-15-16-17-18-19-23-26-35(47)43-28-29-44-54(50,53-32-24-21-20-22-25-32)51-31-33-36(48)39(40,41)37(52-33)46-30-27-34(42)45-38(46)49/h3-4,6-7,9-10,12-13,15-16,18-22,24-25,27,30,33,36-37,48H,2,5,8,11,14,17,23,26,28-29,31H2,1H3,(H,43,47)(H,44,50)/b4-3-,7-6-,10-9-,13-12-,16-15-,19-18-/t33-,36-,37-,54?/m1/s1. The van der Waals surface area contributed by atoms with Gasteiger partial charge in [-0.05, 0) is 85.7 Å². The zero-order valence-electron chi connectivity index (χ0n) is 30.4. The number of benzene rings is 1. The molecular weight excluding hydrogens is 832 g/mol. The number of alkyl halides is 2. The fraction of sp³-hybridized carbons (Fsp3) is 0.410. The molecule has 1 aromatic heterocycles. The van der Waals surface area contributed by atoms with Gasteiger partial charge >= 0.3 is 19.4 Å². The van der Waals surface area contributed by atoms with Gasteiger partial charge in [0, 0.05) is 25.7 Å². The van der Waals surface area contributed by atoms with Crippen molar-refractivity contribution >= 4 is 36.2 Å². The Bertz CT molecular complexity index is 1720. The first-order chi connectivity index (χ1) is 26.1. The van der Waals surface area contributed by atoms with Crippen LogP contribution in [0.25, 0.3) is 0 Å². The normalized spacial score (nSPS) is 20.0. The van der Waals surface area contributed by atoms with Crippen LogP contribution in [0.1, 0.15) is 64.5 Å². The zero-order valence-corrected chi connectivity index (χ0v) is 33.4. The quantitative estimate of drug-likeness (QED) is 0.0314. The van der Waals surface area contributed by atoms with Crippen LogP contribution >= 0.6 is 30.3 Å². The summed E-state index contributed by atoms with van der Waals surface area (Å²) in [7, 11) is -4.24. The number of nitrogens with zero attached hydrogens (tertiary/aromatic N) is 2. The average molecular weight is 883 g/mol. The van der Waals surface area contributed by atoms with E-state index in [4.69, 9.17) is 13.8 Å². The number of halogens is 3. The maximum Gasteiger partial charge on any atom is 0.458 e. The molecule has 3 rings (SSSR count). The fourth-order valence-corrected chi connectivity index (χ4v) is 6.61. The van der Waals surface area contributed by atoms with Gasteiger partial charge in [-0.15, -0.1) is 0 Å². The predicted octanol–water partition coefficient (Wildman–Crippen LogP) is 8.13. The van der Waals surface area contributed by atoms with E-state index in [-0.39, 0.29) is 31.2 Å². The molecule has 1 aromatic carbocycles. The minimum Gasteiger partial charge on any atom is -0.413 e. The van der Waals surface area contributed by atoms with Crippen LogP contribution in [0.2, 0.25) is 0 Å². The van der Waals surface area contributed by atoms with Crippen LogP contribution in [0.4, 0.5) is 8.78 Å². The van der Waals surface area contributed by atoms with Gasteiger partial charge in [0.25, 0.3) is 0 Å². The molecule has 1 aliphatic heterocycles. The van der Waals surface area contributed by atoms with E-state index in [2.05, 4.69) is 83.1 Å². The van der Waals surface area contributed by atoms with Crippen LogP contribution in [0.15, 0.2) is 120 Å². The van der Waals surface area contributed by atoms with Crippen LogP contribution in [0, 0.1) is 3.70 Å². The Kier molecular flexibility index (Phi) is 20.6. The number of amides is 1. The molecule has 15 heteroatoms. The number of hydrogen-bond donors (Lipinski definition) is 3. The number of aliphatic hydroxyl groups excluding tert-OH is 1. The Hall–Kier alpha value is -3.53. The van der Waals surface area contributed by atoms with Crippen molar-refractivity contribution in [2.45, 2.75) is 82.6 Å². The molecule has 1 saturated heterocycles. The third-order valence-corrected chi connectivity index (χ3v) is 9.84. The molecular formula is C39H50F2IN4O7P. The summed E-state index contributed by atoms with van der Waals surface area (Å²) < 4.78 is 60.9. The first-order valence-corrected chi connectivity index (χ1v) is 20.5. The predicted molar refractivity (Wildman–Crippen MR) is 215 cm³/mol. The lowest BCUT2D eigenvalue weighted by atomic mass is 10.1. The Balaban J connectivity index is 1.36. The first kappa shape index (κ1) is 44.9. The SMILES string of the molecule is CC/C=C\C/C=C\C/C=C\C/C=C\C/C=C\C/C=C\CCC(=O)NCCNP(=O)(OC[C@H]1O[C@@H](n2ccc(I)nc2=O)C(F)(F)[C@@H]1O)Oc1ccccc1. The van der Waals surface area contributed by atoms with Gasteiger partial charge in [0.2, 0.25) is 12.1 Å². The van der Waals surface area contributed by atoms with E-state index < -0.39 is 44.4 Å². The minimum atomic E-state index is -4.24. The number of para-hydroxylation sites is 1. The van der Waals surface area contributed by atoms with Crippen LogP contribution in [-0.4, -0.2) is 58.4 Å². The number of hydrogen-bond acceptors (Lipinski definition) is 8. The summed E-state index contributed by atoms with van der Waals surface area (Å²) in [5.74, 6) is -3.94. The largest absolute Gasteiger partial charge is 0.458 e. The molecule has 0 radical (unpaired) electrons. The highest BCUT2D eigenvalue weighted by Gasteiger charge is 2.60. The lowest BCUT2D eigenvalue weighted by molar-refractivity contribution is -0.141. The molecule has 0 spiro atoms. The molecule has 1 unspecified atom stereocenters. The van der Waals surface area contributed by atoms with Gasteiger partial charge in [-0.2, -0.15) is 13.8 Å². The number of nitrogens with one attached hydrogen (secondary N) is 2. The number of carbonyl (C=O) groups is 1. The van der Waals surface area contributed by atoms with Gasteiger partial charge < -0.3 is 19.7 Å². The Labute approximate surface area is 329 Å². The fourth-order valence-electron chi connectivity index (χ4n) is 4.91.